The zero-order valence-corrected chi connectivity index (χ0v) is 17.3. The van der Waals surface area contributed by atoms with Gasteiger partial charge in [0.1, 0.15) is 0 Å². The molecule has 0 saturated heterocycles. The van der Waals surface area contributed by atoms with Crippen LogP contribution >= 0.6 is 0 Å². The second-order valence-electron chi connectivity index (χ2n) is 8.76. The molecule has 0 N–H and O–H groups in total. The van der Waals surface area contributed by atoms with Crippen molar-refractivity contribution in [2.45, 2.75) is 71.4 Å². The van der Waals surface area contributed by atoms with E-state index < -0.39 is 0 Å². The molecule has 2 heteroatoms. The molecule has 1 aliphatic carbocycles. The molecule has 0 amide bonds. The first-order chi connectivity index (χ1) is 12.9. The van der Waals surface area contributed by atoms with Gasteiger partial charge in [0.2, 0.25) is 0 Å². The highest BCUT2D eigenvalue weighted by atomic mass is 16.6. The normalized spacial score (nSPS) is 27.5. The van der Waals surface area contributed by atoms with Crippen molar-refractivity contribution in [3.8, 4) is 0 Å². The minimum absolute atomic E-state index is 0.251. The van der Waals surface area contributed by atoms with Crippen molar-refractivity contribution < 1.29 is 9.47 Å². The number of benzene rings is 2. The van der Waals surface area contributed by atoms with E-state index in [2.05, 4.69) is 76.2 Å². The summed E-state index contributed by atoms with van der Waals surface area (Å²) in [6.07, 6.45) is 3.51. The summed E-state index contributed by atoms with van der Waals surface area (Å²) >= 11 is 0. The van der Waals surface area contributed by atoms with E-state index >= 15 is 0 Å². The standard InChI is InChI=1S/C25H34O2/c1-20(2)15-16-23-17-24(3,26-18-21-11-7-5-8-12-21)25(23,4)27-19-22-13-9-6-10-14-22/h5-14,20,23H,15-19H2,1-4H3/t23?,24-,25?/m0/s1. The van der Waals surface area contributed by atoms with Gasteiger partial charge in [0.25, 0.3) is 0 Å². The maximum Gasteiger partial charge on any atom is 0.0973 e. The van der Waals surface area contributed by atoms with Crippen LogP contribution in [0.2, 0.25) is 0 Å². The van der Waals surface area contributed by atoms with Crippen molar-refractivity contribution in [2.24, 2.45) is 11.8 Å². The Bertz CT molecular complexity index is 697. The van der Waals surface area contributed by atoms with Crippen molar-refractivity contribution >= 4 is 0 Å². The Kier molecular flexibility index (Phi) is 6.39. The Morgan fingerprint density at radius 3 is 1.89 bits per heavy atom. The maximum absolute atomic E-state index is 6.58. The largest absolute Gasteiger partial charge is 0.368 e. The van der Waals surface area contributed by atoms with Gasteiger partial charge < -0.3 is 9.47 Å². The smallest absolute Gasteiger partial charge is 0.0973 e. The lowest BCUT2D eigenvalue weighted by molar-refractivity contribution is -0.296. The second-order valence-corrected chi connectivity index (χ2v) is 8.76. The molecule has 1 aliphatic rings. The van der Waals surface area contributed by atoms with Crippen LogP contribution in [0.3, 0.4) is 0 Å². The van der Waals surface area contributed by atoms with E-state index in [0.717, 1.165) is 12.3 Å². The predicted molar refractivity (Wildman–Crippen MR) is 111 cm³/mol. The highest BCUT2D eigenvalue weighted by molar-refractivity contribution is 5.18. The van der Waals surface area contributed by atoms with Crippen molar-refractivity contribution in [3.63, 3.8) is 0 Å². The summed E-state index contributed by atoms with van der Waals surface area (Å²) in [6.45, 7) is 10.4. The summed E-state index contributed by atoms with van der Waals surface area (Å²) in [6, 6.07) is 20.9. The molecule has 0 radical (unpaired) electrons. The van der Waals surface area contributed by atoms with Crippen molar-refractivity contribution in [1.29, 1.82) is 0 Å². The summed E-state index contributed by atoms with van der Waals surface area (Å²) in [5, 5.41) is 0. The average molecular weight is 367 g/mol. The topological polar surface area (TPSA) is 18.5 Å². The molecule has 146 valence electrons. The lowest BCUT2D eigenvalue weighted by Gasteiger charge is -2.60. The van der Waals surface area contributed by atoms with Gasteiger partial charge in [-0.3, -0.25) is 0 Å². The number of hydrogen-bond acceptors (Lipinski definition) is 2. The maximum atomic E-state index is 6.58. The summed E-state index contributed by atoms with van der Waals surface area (Å²) in [5.41, 5.74) is 1.93. The zero-order chi connectivity index (χ0) is 19.3. The fraction of sp³-hybridized carbons (Fsp3) is 0.520. The second kappa shape index (κ2) is 8.58. The van der Waals surface area contributed by atoms with Gasteiger partial charge in [-0.25, -0.2) is 0 Å². The van der Waals surface area contributed by atoms with Crippen LogP contribution in [-0.4, -0.2) is 11.2 Å². The first-order valence-electron chi connectivity index (χ1n) is 10.3. The van der Waals surface area contributed by atoms with Crippen LogP contribution in [0, 0.1) is 11.8 Å². The summed E-state index contributed by atoms with van der Waals surface area (Å²) < 4.78 is 13.0. The Morgan fingerprint density at radius 1 is 0.852 bits per heavy atom. The molecule has 0 aromatic heterocycles. The van der Waals surface area contributed by atoms with Crippen molar-refractivity contribution in [3.05, 3.63) is 71.8 Å². The molecule has 27 heavy (non-hydrogen) atoms. The summed E-state index contributed by atoms with van der Waals surface area (Å²) in [7, 11) is 0. The monoisotopic (exact) mass is 366 g/mol. The van der Waals surface area contributed by atoms with Crippen molar-refractivity contribution in [1.82, 2.24) is 0 Å². The highest BCUT2D eigenvalue weighted by Crippen LogP contribution is 2.55. The first kappa shape index (κ1) is 20.1. The molecule has 0 heterocycles. The molecule has 1 saturated carbocycles. The van der Waals surface area contributed by atoms with Gasteiger partial charge >= 0.3 is 0 Å². The predicted octanol–water partition coefficient (Wildman–Crippen LogP) is 6.39. The Morgan fingerprint density at radius 2 is 1.37 bits per heavy atom. The van der Waals surface area contributed by atoms with E-state index in [0.29, 0.717) is 19.1 Å². The molecule has 2 aromatic carbocycles. The Hall–Kier alpha value is -1.64. The molecular weight excluding hydrogens is 332 g/mol. The molecule has 0 aliphatic heterocycles. The summed E-state index contributed by atoms with van der Waals surface area (Å²) in [4.78, 5) is 0. The van der Waals surface area contributed by atoms with Crippen LogP contribution in [0.5, 0.6) is 0 Å². The fourth-order valence-electron chi connectivity index (χ4n) is 4.18. The van der Waals surface area contributed by atoms with Gasteiger partial charge in [-0.2, -0.15) is 0 Å². The number of hydrogen-bond donors (Lipinski definition) is 0. The lowest BCUT2D eigenvalue weighted by Crippen LogP contribution is -2.68. The van der Waals surface area contributed by atoms with Gasteiger partial charge in [0, 0.05) is 0 Å². The third-order valence-corrected chi connectivity index (χ3v) is 6.34. The zero-order valence-electron chi connectivity index (χ0n) is 17.3. The molecule has 3 atom stereocenters. The molecular formula is C25H34O2. The highest BCUT2D eigenvalue weighted by Gasteiger charge is 2.61. The molecule has 1 fully saturated rings. The fourth-order valence-corrected chi connectivity index (χ4v) is 4.18. The van der Waals surface area contributed by atoms with Crippen LogP contribution in [-0.2, 0) is 22.7 Å². The van der Waals surface area contributed by atoms with Crippen LogP contribution in [0.4, 0.5) is 0 Å². The quantitative estimate of drug-likeness (QED) is 0.511. The van der Waals surface area contributed by atoms with Crippen LogP contribution in [0.25, 0.3) is 0 Å². The minimum atomic E-state index is -0.257. The number of rotatable bonds is 9. The SMILES string of the molecule is CC(C)CCC1C[C@](C)(OCc2ccccc2)C1(C)OCc1ccccc1. The Labute approximate surface area is 164 Å². The molecule has 2 nitrogen and oxygen atoms in total. The molecule has 2 unspecified atom stereocenters. The van der Waals surface area contributed by atoms with E-state index in [4.69, 9.17) is 9.47 Å². The molecule has 2 aromatic rings. The van der Waals surface area contributed by atoms with Gasteiger partial charge in [0.15, 0.2) is 0 Å². The van der Waals surface area contributed by atoms with E-state index in [-0.39, 0.29) is 11.2 Å². The van der Waals surface area contributed by atoms with Crippen LogP contribution < -0.4 is 0 Å². The Balaban J connectivity index is 1.69. The van der Waals surface area contributed by atoms with Crippen LogP contribution in [0.15, 0.2) is 60.7 Å². The summed E-state index contributed by atoms with van der Waals surface area (Å²) in [5.74, 6) is 1.27. The van der Waals surface area contributed by atoms with Crippen LogP contribution in [0.1, 0.15) is 58.1 Å². The van der Waals surface area contributed by atoms with Crippen molar-refractivity contribution in [2.75, 3.05) is 0 Å². The first-order valence-corrected chi connectivity index (χ1v) is 10.3. The molecule has 0 spiro atoms. The van der Waals surface area contributed by atoms with Gasteiger partial charge in [0.05, 0.1) is 24.4 Å². The molecule has 0 bridgehead atoms. The van der Waals surface area contributed by atoms with Gasteiger partial charge in [-0.15, -0.1) is 0 Å². The van der Waals surface area contributed by atoms with E-state index in [1.54, 1.807) is 0 Å². The average Bonchev–Trinajstić information content (AvgIpc) is 2.69. The van der Waals surface area contributed by atoms with E-state index in [1.807, 2.05) is 12.1 Å². The van der Waals surface area contributed by atoms with E-state index in [9.17, 15) is 0 Å². The molecule has 3 rings (SSSR count). The van der Waals surface area contributed by atoms with E-state index in [1.165, 1.54) is 24.0 Å². The van der Waals surface area contributed by atoms with Gasteiger partial charge in [-0.1, -0.05) is 80.9 Å². The lowest BCUT2D eigenvalue weighted by atomic mass is 9.57. The number of ether oxygens (including phenoxy) is 2. The minimum Gasteiger partial charge on any atom is -0.368 e. The van der Waals surface area contributed by atoms with Gasteiger partial charge in [-0.05, 0) is 49.7 Å². The third kappa shape index (κ3) is 4.62. The third-order valence-electron chi connectivity index (χ3n) is 6.34.